The summed E-state index contributed by atoms with van der Waals surface area (Å²) >= 11 is 0. The van der Waals surface area contributed by atoms with Crippen molar-refractivity contribution in [1.82, 2.24) is 15.3 Å². The molecule has 2 aromatic rings. The molecule has 3 N–H and O–H groups in total. The van der Waals surface area contributed by atoms with E-state index in [0.29, 0.717) is 12.1 Å². The quantitative estimate of drug-likeness (QED) is 0.384. The highest BCUT2D eigenvalue weighted by Gasteiger charge is 2.34. The molecular formula is C22H21F4N5O3. The average molecular weight is 479 g/mol. The van der Waals surface area contributed by atoms with Crippen molar-refractivity contribution in [3.05, 3.63) is 71.5 Å². The van der Waals surface area contributed by atoms with E-state index in [1.165, 1.54) is 19.4 Å². The van der Waals surface area contributed by atoms with Gasteiger partial charge in [-0.1, -0.05) is 12.2 Å². The van der Waals surface area contributed by atoms with Gasteiger partial charge in [0.05, 0.1) is 25.1 Å². The fraction of sp³-hybridized carbons (Fsp3) is 0.227. The molecule has 0 unspecified atom stereocenters. The van der Waals surface area contributed by atoms with E-state index in [0.717, 1.165) is 31.0 Å². The first-order chi connectivity index (χ1) is 16.2. The second-order valence-electron chi connectivity index (χ2n) is 6.96. The van der Waals surface area contributed by atoms with Crippen LogP contribution in [0.1, 0.15) is 12.0 Å². The number of alkyl halides is 3. The molecule has 8 nitrogen and oxygen atoms in total. The van der Waals surface area contributed by atoms with Crippen molar-refractivity contribution >= 4 is 23.4 Å². The highest BCUT2D eigenvalue weighted by atomic mass is 19.4. The predicted molar refractivity (Wildman–Crippen MR) is 117 cm³/mol. The van der Waals surface area contributed by atoms with Gasteiger partial charge >= 0.3 is 6.18 Å². The third-order valence-electron chi connectivity index (χ3n) is 4.51. The molecule has 12 heteroatoms. The Kier molecular flexibility index (Phi) is 7.71. The Balaban J connectivity index is 1.72. The van der Waals surface area contributed by atoms with E-state index < -0.39 is 17.6 Å². The van der Waals surface area contributed by atoms with Crippen LogP contribution in [-0.4, -0.2) is 36.6 Å². The largest absolute Gasteiger partial charge is 0.496 e. The summed E-state index contributed by atoms with van der Waals surface area (Å²) in [6.07, 6.45) is 3.34. The Morgan fingerprint density at radius 3 is 2.76 bits per heavy atom. The van der Waals surface area contributed by atoms with E-state index in [9.17, 15) is 22.4 Å². The zero-order chi connectivity index (χ0) is 24.7. The van der Waals surface area contributed by atoms with E-state index in [1.807, 2.05) is 0 Å². The molecular weight excluding hydrogens is 458 g/mol. The van der Waals surface area contributed by atoms with Crippen LogP contribution in [0.15, 0.2) is 60.2 Å². The standard InChI is InChI=1S/C22H21F4N5O3/c1-27-19(32)12-34-11-13-4-3-5-14(8-13)30-21-28-10-17(23)20(31-21)29-15-6-7-18(33-2)16(9-15)22(24,25)26/h3-7,9-11H,8,12H2,1-2H3,(H,27,32)(H2,28,29,30,31). The number of anilines is 3. The molecule has 0 saturated heterocycles. The SMILES string of the molecule is CNC(=O)COC=C1C=CC=C(Nc2ncc(F)c(Nc3ccc(OC)c(C(F)(F)F)c3)n2)C1. The van der Waals surface area contributed by atoms with Crippen molar-refractivity contribution in [1.29, 1.82) is 0 Å². The Labute approximate surface area is 192 Å². The number of carbonyl (C=O) groups excluding carboxylic acids is 1. The van der Waals surface area contributed by atoms with Gasteiger partial charge in [-0.05, 0) is 29.8 Å². The Morgan fingerprint density at radius 2 is 2.06 bits per heavy atom. The molecule has 1 amide bonds. The molecule has 1 aliphatic carbocycles. The van der Waals surface area contributed by atoms with Crippen LogP contribution in [-0.2, 0) is 15.7 Å². The van der Waals surface area contributed by atoms with Gasteiger partial charge in [-0.15, -0.1) is 0 Å². The molecule has 0 bridgehead atoms. The van der Waals surface area contributed by atoms with Crippen LogP contribution in [0.3, 0.4) is 0 Å². The van der Waals surface area contributed by atoms with Gasteiger partial charge in [-0.3, -0.25) is 4.79 Å². The van der Waals surface area contributed by atoms with Crippen LogP contribution in [0.25, 0.3) is 0 Å². The van der Waals surface area contributed by atoms with Crippen LogP contribution < -0.4 is 20.7 Å². The molecule has 34 heavy (non-hydrogen) atoms. The summed E-state index contributed by atoms with van der Waals surface area (Å²) in [4.78, 5) is 19.1. The van der Waals surface area contributed by atoms with Gasteiger partial charge in [0.25, 0.3) is 5.91 Å². The summed E-state index contributed by atoms with van der Waals surface area (Å²) in [6.45, 7) is -0.127. The highest BCUT2D eigenvalue weighted by molar-refractivity contribution is 5.76. The molecule has 0 radical (unpaired) electrons. The molecule has 3 rings (SSSR count). The first kappa shape index (κ1) is 24.6. The molecule has 0 atom stereocenters. The average Bonchev–Trinajstić information content (AvgIpc) is 2.81. The molecule has 1 aromatic heterocycles. The molecule has 180 valence electrons. The summed E-state index contributed by atoms with van der Waals surface area (Å²) in [6, 6.07) is 3.24. The van der Waals surface area contributed by atoms with E-state index in [1.54, 1.807) is 18.2 Å². The van der Waals surface area contributed by atoms with Crippen molar-refractivity contribution in [2.75, 3.05) is 31.4 Å². The second-order valence-corrected chi connectivity index (χ2v) is 6.96. The maximum Gasteiger partial charge on any atom is 0.420 e. The van der Waals surface area contributed by atoms with E-state index in [-0.39, 0.29) is 35.7 Å². The lowest BCUT2D eigenvalue weighted by atomic mass is 10.1. The van der Waals surface area contributed by atoms with Gasteiger partial charge in [0.15, 0.2) is 18.2 Å². The van der Waals surface area contributed by atoms with Crippen LogP contribution in [0, 0.1) is 5.82 Å². The number of nitrogens with one attached hydrogen (secondary N) is 3. The van der Waals surface area contributed by atoms with E-state index >= 15 is 0 Å². The molecule has 0 saturated carbocycles. The van der Waals surface area contributed by atoms with Crippen LogP contribution >= 0.6 is 0 Å². The number of aromatic nitrogens is 2. The lowest BCUT2D eigenvalue weighted by molar-refractivity contribution is -0.138. The topological polar surface area (TPSA) is 97.4 Å². The molecule has 1 heterocycles. The molecule has 1 aromatic carbocycles. The van der Waals surface area contributed by atoms with Crippen LogP contribution in [0.4, 0.5) is 35.0 Å². The fourth-order valence-electron chi connectivity index (χ4n) is 2.89. The smallest absolute Gasteiger partial charge is 0.420 e. The number of hydrogen-bond donors (Lipinski definition) is 3. The third kappa shape index (κ3) is 6.47. The molecule has 0 spiro atoms. The maximum absolute atomic E-state index is 14.3. The van der Waals surface area contributed by atoms with E-state index in [4.69, 9.17) is 9.47 Å². The summed E-state index contributed by atoms with van der Waals surface area (Å²) in [5.41, 5.74) is 0.367. The van der Waals surface area contributed by atoms with Crippen molar-refractivity contribution in [2.24, 2.45) is 0 Å². The van der Waals surface area contributed by atoms with Gasteiger partial charge in [0, 0.05) is 24.9 Å². The number of halogens is 4. The highest BCUT2D eigenvalue weighted by Crippen LogP contribution is 2.38. The van der Waals surface area contributed by atoms with Crippen LogP contribution in [0.5, 0.6) is 5.75 Å². The normalized spacial score (nSPS) is 14.4. The number of benzene rings is 1. The number of hydrogen-bond acceptors (Lipinski definition) is 7. The lowest BCUT2D eigenvalue weighted by Gasteiger charge is -2.16. The Bertz CT molecular complexity index is 1150. The number of amides is 1. The summed E-state index contributed by atoms with van der Waals surface area (Å²) in [5.74, 6) is -1.77. The van der Waals surface area contributed by atoms with Gasteiger partial charge in [-0.2, -0.15) is 18.2 Å². The second kappa shape index (κ2) is 10.7. The number of likely N-dealkylation sites (N-methyl/N-ethyl adjacent to an activating group) is 1. The van der Waals surface area contributed by atoms with Crippen molar-refractivity contribution in [3.63, 3.8) is 0 Å². The van der Waals surface area contributed by atoms with Crippen molar-refractivity contribution in [2.45, 2.75) is 12.6 Å². The maximum atomic E-state index is 14.3. The fourth-order valence-corrected chi connectivity index (χ4v) is 2.89. The van der Waals surface area contributed by atoms with Gasteiger partial charge in [-0.25, -0.2) is 9.37 Å². The lowest BCUT2D eigenvalue weighted by Crippen LogP contribution is -2.22. The first-order valence-electron chi connectivity index (χ1n) is 9.90. The zero-order valence-electron chi connectivity index (χ0n) is 18.2. The van der Waals surface area contributed by atoms with Gasteiger partial charge in [0.2, 0.25) is 5.95 Å². The summed E-state index contributed by atoms with van der Waals surface area (Å²) in [7, 11) is 2.63. The molecule has 0 aliphatic heterocycles. The van der Waals surface area contributed by atoms with Crippen molar-refractivity contribution in [3.8, 4) is 5.75 Å². The minimum Gasteiger partial charge on any atom is -0.496 e. The summed E-state index contributed by atoms with van der Waals surface area (Å²) < 4.78 is 64.0. The molecule has 1 aliphatic rings. The third-order valence-corrected chi connectivity index (χ3v) is 4.51. The number of methoxy groups -OCH3 is 1. The number of carbonyl (C=O) groups is 1. The number of nitrogens with zero attached hydrogens (tertiary/aromatic N) is 2. The minimum absolute atomic E-state index is 0.0284. The number of rotatable bonds is 8. The van der Waals surface area contributed by atoms with E-state index in [2.05, 4.69) is 25.9 Å². The Morgan fingerprint density at radius 1 is 1.26 bits per heavy atom. The number of ether oxygens (including phenoxy) is 2. The first-order valence-corrected chi connectivity index (χ1v) is 9.90. The van der Waals surface area contributed by atoms with Gasteiger partial charge < -0.3 is 25.4 Å². The summed E-state index contributed by atoms with van der Waals surface area (Å²) in [5, 5.41) is 7.91. The predicted octanol–water partition coefficient (Wildman–Crippen LogP) is 4.29. The zero-order valence-corrected chi connectivity index (χ0v) is 18.2. The number of allylic oxidation sites excluding steroid dienone is 4. The molecule has 0 fully saturated rings. The monoisotopic (exact) mass is 479 g/mol. The van der Waals surface area contributed by atoms with Crippen molar-refractivity contribution < 1.29 is 31.8 Å². The Hall–Kier alpha value is -4.09. The van der Waals surface area contributed by atoms with Crippen LogP contribution in [0.2, 0.25) is 0 Å². The van der Waals surface area contributed by atoms with Gasteiger partial charge in [0.1, 0.15) is 5.75 Å². The minimum atomic E-state index is -4.66.